The summed E-state index contributed by atoms with van der Waals surface area (Å²) in [7, 11) is 1.24. The fourth-order valence-corrected chi connectivity index (χ4v) is 1.15. The summed E-state index contributed by atoms with van der Waals surface area (Å²) in [5, 5.41) is 10.5. The molecule has 0 aliphatic carbocycles. The first kappa shape index (κ1) is 14.1. The van der Waals surface area contributed by atoms with Crippen molar-refractivity contribution in [1.29, 1.82) is 0 Å². The first-order chi connectivity index (χ1) is 7.57. The van der Waals surface area contributed by atoms with Crippen LogP contribution in [0.15, 0.2) is 18.2 Å². The highest BCUT2D eigenvalue weighted by Crippen LogP contribution is 2.21. The summed E-state index contributed by atoms with van der Waals surface area (Å²) in [5.74, 6) is -0.564. The molecule has 0 fully saturated rings. The van der Waals surface area contributed by atoms with Crippen molar-refractivity contribution in [2.45, 2.75) is 20.8 Å². The van der Waals surface area contributed by atoms with Crippen LogP contribution in [0.2, 0.25) is 0 Å². The number of nitrogens with zero attached hydrogens (tertiary/aromatic N) is 1. The van der Waals surface area contributed by atoms with E-state index in [1.165, 1.54) is 32.2 Å². The van der Waals surface area contributed by atoms with Crippen molar-refractivity contribution >= 4 is 11.7 Å². The molecule has 0 atom stereocenters. The van der Waals surface area contributed by atoms with E-state index in [2.05, 4.69) is 4.74 Å². The van der Waals surface area contributed by atoms with Crippen molar-refractivity contribution in [2.24, 2.45) is 0 Å². The van der Waals surface area contributed by atoms with Crippen LogP contribution in [0.1, 0.15) is 29.8 Å². The summed E-state index contributed by atoms with van der Waals surface area (Å²) in [6.07, 6.45) is 0. The first-order valence-corrected chi connectivity index (χ1v) is 4.90. The second-order valence-corrected chi connectivity index (χ2v) is 2.70. The van der Waals surface area contributed by atoms with Crippen molar-refractivity contribution in [2.75, 3.05) is 7.11 Å². The lowest BCUT2D eigenvalue weighted by Crippen LogP contribution is -2.05. The molecule has 1 aromatic rings. The summed E-state index contributed by atoms with van der Waals surface area (Å²) in [6.45, 7) is 5.52. The van der Waals surface area contributed by atoms with Gasteiger partial charge >= 0.3 is 5.97 Å². The Labute approximate surface area is 94.2 Å². The minimum absolute atomic E-state index is 0.0760. The fraction of sp³-hybridized carbons (Fsp3) is 0.364. The molecule has 16 heavy (non-hydrogen) atoms. The Morgan fingerprint density at radius 3 is 2.38 bits per heavy atom. The summed E-state index contributed by atoms with van der Waals surface area (Å²) in [5.41, 5.74) is 0.471. The van der Waals surface area contributed by atoms with Crippen molar-refractivity contribution in [3.05, 3.63) is 39.4 Å². The standard InChI is InChI=1S/C9H9NO4.C2H6/c1-6-7(9(11)14-2)4-3-5-8(6)10(12)13;1-2/h3-5H,1-2H3;1-2H3. The molecule has 88 valence electrons. The van der Waals surface area contributed by atoms with Crippen LogP contribution in [0.25, 0.3) is 0 Å². The van der Waals surface area contributed by atoms with Gasteiger partial charge in [0.15, 0.2) is 0 Å². The molecule has 0 aliphatic heterocycles. The lowest BCUT2D eigenvalue weighted by molar-refractivity contribution is -0.385. The SMILES string of the molecule is CC.COC(=O)c1cccc([N+](=O)[O-])c1C. The Morgan fingerprint density at radius 1 is 1.38 bits per heavy atom. The van der Waals surface area contributed by atoms with E-state index in [9.17, 15) is 14.9 Å². The van der Waals surface area contributed by atoms with E-state index in [1.54, 1.807) is 0 Å². The van der Waals surface area contributed by atoms with Crippen LogP contribution in [-0.4, -0.2) is 18.0 Å². The summed E-state index contributed by atoms with van der Waals surface area (Å²) < 4.78 is 4.49. The summed E-state index contributed by atoms with van der Waals surface area (Å²) >= 11 is 0. The van der Waals surface area contributed by atoms with Gasteiger partial charge in [-0.2, -0.15) is 0 Å². The maximum atomic E-state index is 11.2. The molecule has 0 N–H and O–H groups in total. The number of carbonyl (C=O) groups is 1. The summed E-state index contributed by atoms with van der Waals surface area (Å²) in [6, 6.07) is 4.30. The van der Waals surface area contributed by atoms with Crippen LogP contribution in [0.4, 0.5) is 5.69 Å². The number of nitro benzene ring substituents is 1. The fourth-order valence-electron chi connectivity index (χ4n) is 1.15. The third-order valence-corrected chi connectivity index (χ3v) is 1.91. The van der Waals surface area contributed by atoms with E-state index in [1.807, 2.05) is 13.8 Å². The first-order valence-electron chi connectivity index (χ1n) is 4.90. The normalized spacial score (nSPS) is 8.75. The van der Waals surface area contributed by atoms with Gasteiger partial charge in [0, 0.05) is 11.6 Å². The molecule has 0 bridgehead atoms. The zero-order valence-corrected chi connectivity index (χ0v) is 9.81. The predicted octanol–water partition coefficient (Wildman–Crippen LogP) is 2.72. The number of esters is 1. The molecule has 1 aromatic carbocycles. The van der Waals surface area contributed by atoms with Gasteiger partial charge < -0.3 is 4.74 Å². The number of methoxy groups -OCH3 is 1. The highest BCUT2D eigenvalue weighted by atomic mass is 16.6. The summed E-state index contributed by atoms with van der Waals surface area (Å²) in [4.78, 5) is 21.2. The molecule has 0 aliphatic rings. The number of carbonyl (C=O) groups excluding carboxylic acids is 1. The van der Waals surface area contributed by atoms with Gasteiger partial charge in [0.05, 0.1) is 17.6 Å². The van der Waals surface area contributed by atoms with E-state index in [0.717, 1.165) is 0 Å². The van der Waals surface area contributed by atoms with Crippen LogP contribution in [-0.2, 0) is 4.74 Å². The van der Waals surface area contributed by atoms with E-state index in [0.29, 0.717) is 5.56 Å². The minimum Gasteiger partial charge on any atom is -0.465 e. The van der Waals surface area contributed by atoms with Gasteiger partial charge in [-0.3, -0.25) is 10.1 Å². The van der Waals surface area contributed by atoms with Crippen LogP contribution < -0.4 is 0 Å². The van der Waals surface area contributed by atoms with Crippen molar-refractivity contribution in [3.63, 3.8) is 0 Å². The van der Waals surface area contributed by atoms with Gasteiger partial charge in [0.25, 0.3) is 5.69 Å². The van der Waals surface area contributed by atoms with E-state index < -0.39 is 10.9 Å². The predicted molar refractivity (Wildman–Crippen MR) is 60.5 cm³/mol. The van der Waals surface area contributed by atoms with Crippen molar-refractivity contribution in [3.8, 4) is 0 Å². The van der Waals surface area contributed by atoms with Gasteiger partial charge in [0.2, 0.25) is 0 Å². The van der Waals surface area contributed by atoms with E-state index in [4.69, 9.17) is 0 Å². The molecule has 0 aromatic heterocycles. The number of nitro groups is 1. The maximum absolute atomic E-state index is 11.2. The van der Waals surface area contributed by atoms with Gasteiger partial charge in [-0.1, -0.05) is 19.9 Å². The molecule has 1 rings (SSSR count). The third kappa shape index (κ3) is 3.05. The van der Waals surface area contributed by atoms with Gasteiger partial charge in [0.1, 0.15) is 0 Å². The number of hydrogen-bond acceptors (Lipinski definition) is 4. The Morgan fingerprint density at radius 2 is 1.94 bits per heavy atom. The highest BCUT2D eigenvalue weighted by Gasteiger charge is 2.17. The largest absolute Gasteiger partial charge is 0.465 e. The van der Waals surface area contributed by atoms with E-state index >= 15 is 0 Å². The molecule has 5 nitrogen and oxygen atoms in total. The maximum Gasteiger partial charge on any atom is 0.338 e. The molecule has 0 spiro atoms. The second-order valence-electron chi connectivity index (χ2n) is 2.70. The molecule has 0 saturated heterocycles. The smallest absolute Gasteiger partial charge is 0.338 e. The highest BCUT2D eigenvalue weighted by molar-refractivity contribution is 5.92. The average molecular weight is 225 g/mol. The Kier molecular flexibility index (Phi) is 5.77. The minimum atomic E-state index is -0.564. The van der Waals surface area contributed by atoms with Crippen LogP contribution in [0.5, 0.6) is 0 Å². The van der Waals surface area contributed by atoms with Crippen LogP contribution in [0, 0.1) is 17.0 Å². The monoisotopic (exact) mass is 225 g/mol. The molecule has 5 heteroatoms. The molecule has 0 amide bonds. The number of hydrogen-bond donors (Lipinski definition) is 0. The number of ether oxygens (including phenoxy) is 1. The lowest BCUT2D eigenvalue weighted by atomic mass is 10.1. The molecule has 0 heterocycles. The zero-order valence-electron chi connectivity index (χ0n) is 9.81. The van der Waals surface area contributed by atoms with Gasteiger partial charge in [-0.05, 0) is 13.0 Å². The van der Waals surface area contributed by atoms with Crippen molar-refractivity contribution < 1.29 is 14.5 Å². The quantitative estimate of drug-likeness (QED) is 0.441. The average Bonchev–Trinajstić information content (AvgIpc) is 2.30. The molecule has 0 radical (unpaired) electrons. The Hall–Kier alpha value is -1.91. The zero-order chi connectivity index (χ0) is 12.7. The Bertz CT molecular complexity index is 388. The third-order valence-electron chi connectivity index (χ3n) is 1.91. The lowest BCUT2D eigenvalue weighted by Gasteiger charge is -2.03. The van der Waals surface area contributed by atoms with Gasteiger partial charge in [-0.25, -0.2) is 4.79 Å². The van der Waals surface area contributed by atoms with E-state index in [-0.39, 0.29) is 11.3 Å². The van der Waals surface area contributed by atoms with Gasteiger partial charge in [-0.15, -0.1) is 0 Å². The van der Waals surface area contributed by atoms with Crippen LogP contribution >= 0.6 is 0 Å². The molecule has 0 unspecified atom stereocenters. The molecular weight excluding hydrogens is 210 g/mol. The molecule has 0 saturated carbocycles. The second kappa shape index (κ2) is 6.55. The van der Waals surface area contributed by atoms with Crippen molar-refractivity contribution in [1.82, 2.24) is 0 Å². The number of rotatable bonds is 2. The number of benzene rings is 1. The Balaban J connectivity index is 0.00000106. The van der Waals surface area contributed by atoms with Crippen LogP contribution in [0.3, 0.4) is 0 Å². The molecular formula is C11H15NO4. The topological polar surface area (TPSA) is 69.4 Å².